The zero-order chi connectivity index (χ0) is 30.1. The largest absolute Gasteiger partial charge is 0.445 e. The average Bonchev–Trinajstić information content (AvgIpc) is 3.56. The molecule has 4 rings (SSSR count). The monoisotopic (exact) mass is 628 g/mol. The zero-order valence-corrected chi connectivity index (χ0v) is 26.5. The van der Waals surface area contributed by atoms with E-state index in [2.05, 4.69) is 5.32 Å². The number of hydrogen-bond donors (Lipinski definition) is 1. The fourth-order valence-electron chi connectivity index (χ4n) is 4.98. The summed E-state index contributed by atoms with van der Waals surface area (Å²) in [5.74, 6) is 1.27. The van der Waals surface area contributed by atoms with Crippen molar-refractivity contribution in [3.05, 3.63) is 71.8 Å². The molecule has 2 aliphatic rings. The lowest BCUT2D eigenvalue weighted by Crippen LogP contribution is -2.49. The number of unbranched alkanes of at least 4 members (excludes halogenated alkanes) is 1. The molecule has 2 aromatic rings. The normalized spacial score (nSPS) is 18.4. The Bertz CT molecular complexity index is 1050. The Balaban J connectivity index is 1.34. The number of rotatable bonds is 9. The molecular formula is C32H44N4O5S2. The molecule has 1 atom stereocenters. The highest BCUT2D eigenvalue weighted by molar-refractivity contribution is 8.77. The Kier molecular flexibility index (Phi) is 14.4. The van der Waals surface area contributed by atoms with Gasteiger partial charge in [-0.25, -0.2) is 9.59 Å². The minimum atomic E-state index is -0.395. The predicted molar refractivity (Wildman–Crippen MR) is 173 cm³/mol. The van der Waals surface area contributed by atoms with Gasteiger partial charge in [-0.05, 0) is 30.4 Å². The molecule has 0 radical (unpaired) electrons. The summed E-state index contributed by atoms with van der Waals surface area (Å²) in [4.78, 5) is 44.6. The number of ether oxygens (including phenoxy) is 2. The van der Waals surface area contributed by atoms with Gasteiger partial charge in [-0.3, -0.25) is 4.79 Å². The number of nitrogens with one attached hydrogen (secondary N) is 1. The minimum absolute atomic E-state index is 0.0545. The molecule has 0 bridgehead atoms. The van der Waals surface area contributed by atoms with Crippen LogP contribution < -0.4 is 5.32 Å². The highest BCUT2D eigenvalue weighted by Gasteiger charge is 2.23. The Morgan fingerprint density at radius 3 is 1.77 bits per heavy atom. The van der Waals surface area contributed by atoms with Crippen LogP contribution in [-0.2, 0) is 27.5 Å². The van der Waals surface area contributed by atoms with E-state index in [0.717, 1.165) is 30.4 Å². The topological polar surface area (TPSA) is 91.4 Å². The van der Waals surface area contributed by atoms with Crippen LogP contribution in [0.4, 0.5) is 9.59 Å². The van der Waals surface area contributed by atoms with E-state index in [4.69, 9.17) is 9.47 Å². The van der Waals surface area contributed by atoms with Crippen molar-refractivity contribution >= 4 is 39.7 Å². The smallest absolute Gasteiger partial charge is 0.410 e. The number of benzene rings is 2. The van der Waals surface area contributed by atoms with E-state index >= 15 is 0 Å². The van der Waals surface area contributed by atoms with Gasteiger partial charge in [0.15, 0.2) is 0 Å². The Hall–Kier alpha value is -2.89. The first-order valence-electron chi connectivity index (χ1n) is 15.3. The van der Waals surface area contributed by atoms with Gasteiger partial charge < -0.3 is 29.5 Å². The molecule has 2 aliphatic heterocycles. The predicted octanol–water partition coefficient (Wildman–Crippen LogP) is 5.41. The lowest BCUT2D eigenvalue weighted by atomic mass is 10.1. The summed E-state index contributed by atoms with van der Waals surface area (Å²) in [5, 5.41) is 4.02. The van der Waals surface area contributed by atoms with Crippen LogP contribution in [0.2, 0.25) is 0 Å². The molecule has 2 fully saturated rings. The molecule has 0 spiro atoms. The Labute approximate surface area is 263 Å². The first-order valence-corrected chi connectivity index (χ1v) is 17.6. The molecule has 9 nitrogen and oxygen atoms in total. The van der Waals surface area contributed by atoms with Gasteiger partial charge in [-0.2, -0.15) is 0 Å². The van der Waals surface area contributed by atoms with Crippen molar-refractivity contribution < 1.29 is 23.9 Å². The molecule has 0 aromatic heterocycles. The first-order chi connectivity index (χ1) is 21.1. The third-order valence-corrected chi connectivity index (χ3v) is 10.6. The maximum atomic E-state index is 13.4. The summed E-state index contributed by atoms with van der Waals surface area (Å²) >= 11 is 0. The fraction of sp³-hybridized carbons (Fsp3) is 0.531. The van der Waals surface area contributed by atoms with Crippen molar-refractivity contribution in [2.75, 3.05) is 58.1 Å². The van der Waals surface area contributed by atoms with Crippen LogP contribution in [-0.4, -0.2) is 96.2 Å². The van der Waals surface area contributed by atoms with E-state index in [-0.39, 0.29) is 19.1 Å². The summed E-state index contributed by atoms with van der Waals surface area (Å²) in [6.45, 7) is 3.81. The molecule has 1 unspecified atom stereocenters. The van der Waals surface area contributed by atoms with Crippen molar-refractivity contribution in [2.45, 2.75) is 50.6 Å². The van der Waals surface area contributed by atoms with Gasteiger partial charge in [0.2, 0.25) is 5.91 Å². The molecule has 0 aliphatic carbocycles. The summed E-state index contributed by atoms with van der Waals surface area (Å²) in [7, 11) is 3.91. The maximum absolute atomic E-state index is 13.4. The molecular weight excluding hydrogens is 585 g/mol. The second-order valence-electron chi connectivity index (χ2n) is 10.8. The van der Waals surface area contributed by atoms with E-state index in [0.29, 0.717) is 64.0 Å². The second kappa shape index (κ2) is 18.7. The van der Waals surface area contributed by atoms with Crippen LogP contribution in [0.3, 0.4) is 0 Å². The lowest BCUT2D eigenvalue weighted by Gasteiger charge is -2.31. The number of nitrogens with zero attached hydrogens (tertiary/aromatic N) is 3. The van der Waals surface area contributed by atoms with Crippen LogP contribution in [0, 0.1) is 0 Å². The SMILES string of the molecule is O=C(CCCCC1CCSS1)N1CCN(C(=O)OCc2ccccc2)CCNCCN(C(=O)OCc2ccccc2)CC1. The quantitative estimate of drug-likeness (QED) is 0.291. The van der Waals surface area contributed by atoms with Crippen molar-refractivity contribution in [2.24, 2.45) is 0 Å². The highest BCUT2D eigenvalue weighted by Crippen LogP contribution is 2.39. The summed E-state index contributed by atoms with van der Waals surface area (Å²) in [6.07, 6.45) is 3.92. The number of carbonyl (C=O) groups excluding carboxylic acids is 3. The zero-order valence-electron chi connectivity index (χ0n) is 24.9. The van der Waals surface area contributed by atoms with E-state index in [1.54, 1.807) is 14.7 Å². The van der Waals surface area contributed by atoms with Gasteiger partial charge in [0, 0.05) is 69.8 Å². The van der Waals surface area contributed by atoms with Gasteiger partial charge in [0.05, 0.1) is 0 Å². The van der Waals surface area contributed by atoms with E-state index in [1.165, 1.54) is 12.2 Å². The summed E-state index contributed by atoms with van der Waals surface area (Å²) < 4.78 is 11.2. The van der Waals surface area contributed by atoms with Crippen molar-refractivity contribution in [1.82, 2.24) is 20.0 Å². The molecule has 1 N–H and O–H groups in total. The highest BCUT2D eigenvalue weighted by atomic mass is 33.1. The van der Waals surface area contributed by atoms with Crippen LogP contribution in [0.25, 0.3) is 0 Å². The Morgan fingerprint density at radius 1 is 0.721 bits per heavy atom. The number of carbonyl (C=O) groups is 3. The van der Waals surface area contributed by atoms with E-state index in [9.17, 15) is 14.4 Å². The minimum Gasteiger partial charge on any atom is -0.445 e. The molecule has 2 aromatic carbocycles. The van der Waals surface area contributed by atoms with Crippen LogP contribution in [0.5, 0.6) is 0 Å². The van der Waals surface area contributed by atoms with Crippen molar-refractivity contribution in [1.29, 1.82) is 0 Å². The van der Waals surface area contributed by atoms with Crippen molar-refractivity contribution in [3.8, 4) is 0 Å². The van der Waals surface area contributed by atoms with E-state index < -0.39 is 12.2 Å². The molecule has 2 saturated heterocycles. The van der Waals surface area contributed by atoms with Gasteiger partial charge in [-0.15, -0.1) is 0 Å². The molecule has 3 amide bonds. The van der Waals surface area contributed by atoms with E-state index in [1.807, 2.05) is 82.3 Å². The number of hydrogen-bond acceptors (Lipinski definition) is 8. The Morgan fingerprint density at radius 2 is 1.26 bits per heavy atom. The second-order valence-corrected chi connectivity index (χ2v) is 13.5. The molecule has 234 valence electrons. The standard InChI is InChI=1S/C32H44N4O5S2/c37-30(14-8-7-13-29-15-24-42-43-29)34-20-22-35(31(38)40-25-27-9-3-1-4-10-27)18-16-33-17-19-36(23-21-34)32(39)41-26-28-11-5-2-6-12-28/h1-6,9-12,29,33H,7-8,13-26H2. The van der Waals surface area contributed by atoms with Crippen molar-refractivity contribution in [3.63, 3.8) is 0 Å². The molecule has 2 heterocycles. The van der Waals surface area contributed by atoms with Gasteiger partial charge >= 0.3 is 12.2 Å². The van der Waals surface area contributed by atoms with Gasteiger partial charge in [0.25, 0.3) is 0 Å². The van der Waals surface area contributed by atoms with Gasteiger partial charge in [-0.1, -0.05) is 88.7 Å². The summed E-state index contributed by atoms with van der Waals surface area (Å²) in [6, 6.07) is 19.2. The van der Waals surface area contributed by atoms with Crippen LogP contribution >= 0.6 is 21.6 Å². The maximum Gasteiger partial charge on any atom is 0.410 e. The molecule has 0 saturated carbocycles. The van der Waals surface area contributed by atoms with Gasteiger partial charge in [0.1, 0.15) is 13.2 Å². The van der Waals surface area contributed by atoms with Crippen LogP contribution in [0.15, 0.2) is 60.7 Å². The average molecular weight is 629 g/mol. The molecule has 43 heavy (non-hydrogen) atoms. The molecule has 11 heteroatoms. The summed E-state index contributed by atoms with van der Waals surface area (Å²) in [5.41, 5.74) is 1.85. The third-order valence-electron chi connectivity index (χ3n) is 7.57. The fourth-order valence-corrected chi connectivity index (χ4v) is 8.01. The number of amides is 3. The van der Waals surface area contributed by atoms with Crippen LogP contribution in [0.1, 0.15) is 43.2 Å². The third kappa shape index (κ3) is 12.0. The lowest BCUT2D eigenvalue weighted by molar-refractivity contribution is -0.131. The first kappa shape index (κ1) is 33.0.